The molecule has 0 unspecified atom stereocenters. The van der Waals surface area contributed by atoms with E-state index in [1.54, 1.807) is 0 Å². The number of hydrogen-bond acceptors (Lipinski definition) is 2. The molecule has 2 nitrogen and oxygen atoms in total. The first kappa shape index (κ1) is 13.0. The fourth-order valence-corrected chi connectivity index (χ4v) is 1.87. The Bertz CT molecular complexity index is 319. The first-order chi connectivity index (χ1) is 7.66. The molecule has 0 fully saturated rings. The number of para-hydroxylation sites is 1. The van der Waals surface area contributed by atoms with Crippen LogP contribution in [0.2, 0.25) is 0 Å². The van der Waals surface area contributed by atoms with Crippen molar-refractivity contribution in [3.8, 4) is 0 Å². The summed E-state index contributed by atoms with van der Waals surface area (Å²) in [4.78, 5) is 0. The summed E-state index contributed by atoms with van der Waals surface area (Å²) in [5, 5.41) is 6.86. The quantitative estimate of drug-likeness (QED) is 0.720. The van der Waals surface area contributed by atoms with E-state index in [1.807, 2.05) is 0 Å². The van der Waals surface area contributed by atoms with Gasteiger partial charge in [-0.25, -0.2) is 0 Å². The van der Waals surface area contributed by atoms with Crippen LogP contribution in [0.3, 0.4) is 0 Å². The lowest BCUT2D eigenvalue weighted by atomic mass is 9.98. The van der Waals surface area contributed by atoms with Crippen LogP contribution in [0.15, 0.2) is 18.2 Å². The van der Waals surface area contributed by atoms with Crippen LogP contribution in [0.4, 0.5) is 5.69 Å². The largest absolute Gasteiger partial charge is 0.383 e. The third-order valence-corrected chi connectivity index (χ3v) is 2.78. The molecule has 1 aromatic rings. The molecular weight excluding hydrogens is 196 g/mol. The molecule has 0 spiro atoms. The molecule has 90 valence electrons. The van der Waals surface area contributed by atoms with E-state index in [0.717, 1.165) is 19.6 Å². The van der Waals surface area contributed by atoms with Crippen molar-refractivity contribution in [3.05, 3.63) is 29.3 Å². The lowest BCUT2D eigenvalue weighted by Gasteiger charge is -2.17. The van der Waals surface area contributed by atoms with Gasteiger partial charge in [-0.15, -0.1) is 0 Å². The molecule has 0 aliphatic rings. The molecule has 0 aliphatic carbocycles. The van der Waals surface area contributed by atoms with Gasteiger partial charge in [-0.3, -0.25) is 0 Å². The average Bonchev–Trinajstić information content (AvgIpc) is 2.25. The van der Waals surface area contributed by atoms with Crippen molar-refractivity contribution in [1.29, 1.82) is 0 Å². The Morgan fingerprint density at radius 2 is 1.94 bits per heavy atom. The van der Waals surface area contributed by atoms with Gasteiger partial charge in [0.05, 0.1) is 0 Å². The molecule has 1 aromatic carbocycles. The summed E-state index contributed by atoms with van der Waals surface area (Å²) in [6.07, 6.45) is 0. The van der Waals surface area contributed by atoms with E-state index in [2.05, 4.69) is 56.5 Å². The summed E-state index contributed by atoms with van der Waals surface area (Å²) in [6, 6.07) is 6.52. The van der Waals surface area contributed by atoms with E-state index in [-0.39, 0.29) is 0 Å². The minimum atomic E-state index is 0.571. The highest BCUT2D eigenvalue weighted by Crippen LogP contribution is 2.26. The fraction of sp³-hybridized carbons (Fsp3) is 0.571. The van der Waals surface area contributed by atoms with Gasteiger partial charge in [0, 0.05) is 18.8 Å². The molecule has 1 rings (SSSR count). The van der Waals surface area contributed by atoms with Crippen LogP contribution in [-0.2, 0) is 0 Å². The number of anilines is 1. The lowest BCUT2D eigenvalue weighted by Crippen LogP contribution is -2.22. The number of aryl methyl sites for hydroxylation is 1. The summed E-state index contributed by atoms with van der Waals surface area (Å²) in [5.41, 5.74) is 4.06. The molecule has 0 aliphatic heterocycles. The first-order valence-electron chi connectivity index (χ1n) is 6.21. The predicted octanol–water partition coefficient (Wildman–Crippen LogP) is 3.14. The van der Waals surface area contributed by atoms with Crippen molar-refractivity contribution in [1.82, 2.24) is 5.32 Å². The van der Waals surface area contributed by atoms with Gasteiger partial charge in [0.25, 0.3) is 0 Å². The van der Waals surface area contributed by atoms with Gasteiger partial charge in [-0.2, -0.15) is 0 Å². The molecule has 0 saturated heterocycles. The van der Waals surface area contributed by atoms with Crippen LogP contribution >= 0.6 is 0 Å². The van der Waals surface area contributed by atoms with Crippen LogP contribution < -0.4 is 10.6 Å². The summed E-state index contributed by atoms with van der Waals surface area (Å²) < 4.78 is 0. The number of likely N-dealkylation sites (N-methyl/N-ethyl adjacent to an activating group) is 1. The number of rotatable bonds is 6. The minimum Gasteiger partial charge on any atom is -0.383 e. The van der Waals surface area contributed by atoms with Crippen LogP contribution in [-0.4, -0.2) is 19.6 Å². The second-order valence-electron chi connectivity index (χ2n) is 4.47. The van der Waals surface area contributed by atoms with E-state index in [9.17, 15) is 0 Å². The summed E-state index contributed by atoms with van der Waals surface area (Å²) >= 11 is 0. The molecule has 2 heteroatoms. The maximum absolute atomic E-state index is 3.54. The van der Waals surface area contributed by atoms with E-state index < -0.39 is 0 Å². The Hall–Kier alpha value is -1.02. The highest BCUT2D eigenvalue weighted by Gasteiger charge is 2.07. The van der Waals surface area contributed by atoms with Gasteiger partial charge in [0.1, 0.15) is 0 Å². The highest BCUT2D eigenvalue weighted by molar-refractivity contribution is 5.58. The van der Waals surface area contributed by atoms with E-state index in [4.69, 9.17) is 0 Å². The maximum atomic E-state index is 3.54. The van der Waals surface area contributed by atoms with Gasteiger partial charge in [0.15, 0.2) is 0 Å². The molecule has 0 heterocycles. The van der Waals surface area contributed by atoms with Crippen molar-refractivity contribution in [2.24, 2.45) is 0 Å². The average molecular weight is 220 g/mol. The van der Waals surface area contributed by atoms with Gasteiger partial charge in [0.2, 0.25) is 0 Å². The van der Waals surface area contributed by atoms with Crippen LogP contribution in [0, 0.1) is 6.92 Å². The molecule has 0 radical (unpaired) electrons. The van der Waals surface area contributed by atoms with Crippen molar-refractivity contribution in [3.63, 3.8) is 0 Å². The molecule has 0 atom stereocenters. The van der Waals surface area contributed by atoms with Crippen LogP contribution in [0.25, 0.3) is 0 Å². The molecule has 16 heavy (non-hydrogen) atoms. The standard InChI is InChI=1S/C14H24N2/c1-5-15-9-10-16-14-12(4)7-6-8-13(14)11(2)3/h6-8,11,15-16H,5,9-10H2,1-4H3. The monoisotopic (exact) mass is 220 g/mol. The smallest absolute Gasteiger partial charge is 0.0405 e. The minimum absolute atomic E-state index is 0.571. The SMILES string of the molecule is CCNCCNc1c(C)cccc1C(C)C. The van der Waals surface area contributed by atoms with Crippen molar-refractivity contribution in [2.45, 2.75) is 33.6 Å². The third-order valence-electron chi connectivity index (χ3n) is 2.78. The van der Waals surface area contributed by atoms with Gasteiger partial charge < -0.3 is 10.6 Å². The predicted molar refractivity (Wildman–Crippen MR) is 72.3 cm³/mol. The maximum Gasteiger partial charge on any atom is 0.0405 e. The zero-order valence-corrected chi connectivity index (χ0v) is 10.9. The normalized spacial score (nSPS) is 10.8. The molecule has 0 saturated carbocycles. The van der Waals surface area contributed by atoms with E-state index >= 15 is 0 Å². The molecule has 0 bridgehead atoms. The topological polar surface area (TPSA) is 24.1 Å². The highest BCUT2D eigenvalue weighted by atomic mass is 14.9. The van der Waals surface area contributed by atoms with Gasteiger partial charge in [-0.1, -0.05) is 39.0 Å². The van der Waals surface area contributed by atoms with Crippen molar-refractivity contribution >= 4 is 5.69 Å². The zero-order valence-electron chi connectivity index (χ0n) is 10.9. The zero-order chi connectivity index (χ0) is 12.0. The third kappa shape index (κ3) is 3.53. The van der Waals surface area contributed by atoms with Crippen molar-refractivity contribution in [2.75, 3.05) is 25.0 Å². The van der Waals surface area contributed by atoms with Crippen molar-refractivity contribution < 1.29 is 0 Å². The summed E-state index contributed by atoms with van der Waals surface area (Å²) in [5.74, 6) is 0.571. The van der Waals surface area contributed by atoms with Crippen LogP contribution in [0.5, 0.6) is 0 Å². The van der Waals surface area contributed by atoms with Gasteiger partial charge in [-0.05, 0) is 30.5 Å². The Morgan fingerprint density at radius 3 is 2.56 bits per heavy atom. The molecule has 2 N–H and O–H groups in total. The van der Waals surface area contributed by atoms with Crippen LogP contribution in [0.1, 0.15) is 37.8 Å². The first-order valence-corrected chi connectivity index (χ1v) is 6.21. The second kappa shape index (κ2) is 6.54. The van der Waals surface area contributed by atoms with E-state index in [0.29, 0.717) is 5.92 Å². The van der Waals surface area contributed by atoms with Gasteiger partial charge >= 0.3 is 0 Å². The Morgan fingerprint density at radius 1 is 1.19 bits per heavy atom. The number of nitrogens with one attached hydrogen (secondary N) is 2. The fourth-order valence-electron chi connectivity index (χ4n) is 1.87. The molecule has 0 aromatic heterocycles. The Labute approximate surface area is 99.5 Å². The second-order valence-corrected chi connectivity index (χ2v) is 4.47. The lowest BCUT2D eigenvalue weighted by molar-refractivity contribution is 0.737. The summed E-state index contributed by atoms with van der Waals surface area (Å²) in [6.45, 7) is 11.8. The number of benzene rings is 1. The van der Waals surface area contributed by atoms with E-state index in [1.165, 1.54) is 16.8 Å². The Kier molecular flexibility index (Phi) is 5.33. The summed E-state index contributed by atoms with van der Waals surface area (Å²) in [7, 11) is 0. The molecular formula is C14H24N2. The Balaban J connectivity index is 2.69. The molecule has 0 amide bonds. The number of hydrogen-bond donors (Lipinski definition) is 2.